The van der Waals surface area contributed by atoms with Gasteiger partial charge in [0.2, 0.25) is 5.91 Å². The Morgan fingerprint density at radius 2 is 1.72 bits per heavy atom. The van der Waals surface area contributed by atoms with Gasteiger partial charge < -0.3 is 11.1 Å². The van der Waals surface area contributed by atoms with E-state index in [-0.39, 0.29) is 18.3 Å². The van der Waals surface area contributed by atoms with Gasteiger partial charge in [0.05, 0.1) is 6.04 Å². The van der Waals surface area contributed by atoms with Crippen molar-refractivity contribution in [3.05, 3.63) is 59.7 Å². The van der Waals surface area contributed by atoms with Gasteiger partial charge in [-0.05, 0) is 41.7 Å². The largest absolute Gasteiger partial charge is 0.354 e. The highest BCUT2D eigenvalue weighted by molar-refractivity contribution is 5.85. The molecule has 2 aromatic carbocycles. The summed E-state index contributed by atoms with van der Waals surface area (Å²) in [7, 11) is 0. The summed E-state index contributed by atoms with van der Waals surface area (Å²) in [5, 5.41) is 2.82. The van der Waals surface area contributed by atoms with Crippen molar-refractivity contribution in [1.82, 2.24) is 5.32 Å². The Labute approximate surface area is 153 Å². The minimum atomic E-state index is -0.859. The van der Waals surface area contributed by atoms with Crippen LogP contribution in [-0.2, 0) is 11.2 Å². The minimum absolute atomic E-state index is 0. The zero-order valence-electron chi connectivity index (χ0n) is 14.1. The fourth-order valence-corrected chi connectivity index (χ4v) is 2.44. The highest BCUT2D eigenvalue weighted by Gasteiger charge is 2.11. The summed E-state index contributed by atoms with van der Waals surface area (Å²) >= 11 is 0. The first-order valence-electron chi connectivity index (χ1n) is 8.09. The number of amides is 1. The van der Waals surface area contributed by atoms with Gasteiger partial charge >= 0.3 is 0 Å². The van der Waals surface area contributed by atoms with Gasteiger partial charge in [0.15, 0.2) is 11.6 Å². The Kier molecular flexibility index (Phi) is 8.52. The normalized spacial score (nSPS) is 11.5. The lowest BCUT2D eigenvalue weighted by atomic mass is 10.0. The third-order valence-electron chi connectivity index (χ3n) is 3.86. The van der Waals surface area contributed by atoms with Crippen molar-refractivity contribution in [2.75, 3.05) is 6.54 Å². The van der Waals surface area contributed by atoms with Crippen LogP contribution in [0.2, 0.25) is 0 Å². The third-order valence-corrected chi connectivity index (χ3v) is 3.86. The SMILES string of the molecule is CCC[C@H](N)C(=O)NCCc1ccc(-c2ccc(F)c(F)c2)cc1.Cl. The molecule has 0 saturated carbocycles. The number of benzene rings is 2. The monoisotopic (exact) mass is 368 g/mol. The highest BCUT2D eigenvalue weighted by atomic mass is 35.5. The molecule has 2 rings (SSSR count). The first kappa shape index (κ1) is 21.1. The summed E-state index contributed by atoms with van der Waals surface area (Å²) in [6, 6.07) is 10.9. The number of halogens is 3. The van der Waals surface area contributed by atoms with Crippen LogP contribution in [0.5, 0.6) is 0 Å². The molecule has 1 amide bonds. The van der Waals surface area contributed by atoms with E-state index >= 15 is 0 Å². The van der Waals surface area contributed by atoms with Crippen molar-refractivity contribution >= 4 is 18.3 Å². The lowest BCUT2D eigenvalue weighted by Crippen LogP contribution is -2.41. The summed E-state index contributed by atoms with van der Waals surface area (Å²) in [4.78, 5) is 11.7. The molecule has 25 heavy (non-hydrogen) atoms. The second-order valence-corrected chi connectivity index (χ2v) is 5.76. The standard InChI is InChI=1S/C19H22F2N2O.ClH/c1-2-3-18(22)19(24)23-11-10-13-4-6-14(7-5-13)15-8-9-16(20)17(21)12-15;/h4-9,12,18H,2-3,10-11,22H2,1H3,(H,23,24);1H/t18-;/m0./s1. The number of nitrogens with two attached hydrogens (primary N) is 1. The van der Waals surface area contributed by atoms with E-state index in [2.05, 4.69) is 5.32 Å². The molecule has 0 spiro atoms. The van der Waals surface area contributed by atoms with Crippen LogP contribution in [0.15, 0.2) is 42.5 Å². The van der Waals surface area contributed by atoms with E-state index < -0.39 is 17.7 Å². The molecule has 0 bridgehead atoms. The smallest absolute Gasteiger partial charge is 0.236 e. The van der Waals surface area contributed by atoms with Gasteiger partial charge in [-0.3, -0.25) is 4.79 Å². The average Bonchev–Trinajstić information content (AvgIpc) is 2.58. The number of hydrogen-bond acceptors (Lipinski definition) is 2. The summed E-state index contributed by atoms with van der Waals surface area (Å²) < 4.78 is 26.3. The van der Waals surface area contributed by atoms with Crippen molar-refractivity contribution < 1.29 is 13.6 Å². The molecule has 0 fully saturated rings. The van der Waals surface area contributed by atoms with Gasteiger partial charge in [-0.2, -0.15) is 0 Å². The maximum atomic E-state index is 13.3. The number of carbonyl (C=O) groups is 1. The molecule has 0 saturated heterocycles. The van der Waals surface area contributed by atoms with Gasteiger partial charge in [-0.1, -0.05) is 43.7 Å². The molecule has 2 aromatic rings. The molecule has 0 heterocycles. The van der Waals surface area contributed by atoms with E-state index in [0.717, 1.165) is 23.6 Å². The molecule has 6 heteroatoms. The molecule has 136 valence electrons. The summed E-state index contributed by atoms with van der Waals surface area (Å²) in [6.07, 6.45) is 2.23. The molecule has 3 N–H and O–H groups in total. The predicted molar refractivity (Wildman–Crippen MR) is 98.6 cm³/mol. The molecule has 0 aliphatic heterocycles. The van der Waals surface area contributed by atoms with Crippen LogP contribution in [0.3, 0.4) is 0 Å². The van der Waals surface area contributed by atoms with E-state index in [1.807, 2.05) is 31.2 Å². The molecular formula is C19H23ClF2N2O. The second kappa shape index (κ2) is 10.1. The van der Waals surface area contributed by atoms with Crippen molar-refractivity contribution in [2.24, 2.45) is 5.73 Å². The average molecular weight is 369 g/mol. The van der Waals surface area contributed by atoms with Crippen molar-refractivity contribution in [3.8, 4) is 11.1 Å². The van der Waals surface area contributed by atoms with Gasteiger partial charge in [0.1, 0.15) is 0 Å². The molecular weight excluding hydrogens is 346 g/mol. The molecule has 0 aromatic heterocycles. The number of rotatable bonds is 7. The van der Waals surface area contributed by atoms with Gasteiger partial charge in [-0.25, -0.2) is 8.78 Å². The Hall–Kier alpha value is -1.98. The summed E-state index contributed by atoms with van der Waals surface area (Å²) in [5.41, 5.74) is 8.23. The Morgan fingerprint density at radius 3 is 2.32 bits per heavy atom. The van der Waals surface area contributed by atoms with Crippen LogP contribution in [-0.4, -0.2) is 18.5 Å². The first-order chi connectivity index (χ1) is 11.5. The van der Waals surface area contributed by atoms with Crippen LogP contribution >= 0.6 is 12.4 Å². The zero-order valence-corrected chi connectivity index (χ0v) is 14.9. The van der Waals surface area contributed by atoms with Gasteiger partial charge in [0.25, 0.3) is 0 Å². The molecule has 0 aliphatic carbocycles. The van der Waals surface area contributed by atoms with Crippen LogP contribution in [0.1, 0.15) is 25.3 Å². The van der Waals surface area contributed by atoms with Crippen LogP contribution in [0.4, 0.5) is 8.78 Å². The number of nitrogens with one attached hydrogen (secondary N) is 1. The Balaban J connectivity index is 0.00000312. The van der Waals surface area contributed by atoms with E-state index in [1.54, 1.807) is 6.07 Å². The van der Waals surface area contributed by atoms with Crippen molar-refractivity contribution in [1.29, 1.82) is 0 Å². The predicted octanol–water partition coefficient (Wildman–Crippen LogP) is 3.84. The highest BCUT2D eigenvalue weighted by Crippen LogP contribution is 2.22. The van der Waals surface area contributed by atoms with Gasteiger partial charge in [-0.15, -0.1) is 12.4 Å². The zero-order chi connectivity index (χ0) is 17.5. The van der Waals surface area contributed by atoms with E-state index in [1.165, 1.54) is 6.07 Å². The summed E-state index contributed by atoms with van der Waals surface area (Å²) in [6.45, 7) is 2.50. The molecule has 0 aliphatic rings. The van der Waals surface area contributed by atoms with E-state index in [9.17, 15) is 13.6 Å². The fraction of sp³-hybridized carbons (Fsp3) is 0.316. The van der Waals surface area contributed by atoms with Crippen LogP contribution in [0, 0.1) is 11.6 Å². The maximum Gasteiger partial charge on any atom is 0.236 e. The van der Waals surface area contributed by atoms with Crippen molar-refractivity contribution in [2.45, 2.75) is 32.2 Å². The Bertz CT molecular complexity index is 692. The molecule has 0 radical (unpaired) electrons. The first-order valence-corrected chi connectivity index (χ1v) is 8.09. The Morgan fingerprint density at radius 1 is 1.08 bits per heavy atom. The number of carbonyl (C=O) groups excluding carboxylic acids is 1. The lowest BCUT2D eigenvalue weighted by molar-refractivity contribution is -0.122. The van der Waals surface area contributed by atoms with Crippen LogP contribution < -0.4 is 11.1 Å². The molecule has 3 nitrogen and oxygen atoms in total. The summed E-state index contributed by atoms with van der Waals surface area (Å²) in [5.74, 6) is -1.84. The molecule has 0 unspecified atom stereocenters. The minimum Gasteiger partial charge on any atom is -0.354 e. The third kappa shape index (κ3) is 6.11. The molecule has 1 atom stereocenters. The van der Waals surface area contributed by atoms with E-state index in [0.29, 0.717) is 24.9 Å². The number of hydrogen-bond donors (Lipinski definition) is 2. The fourth-order valence-electron chi connectivity index (χ4n) is 2.44. The van der Waals surface area contributed by atoms with Crippen molar-refractivity contribution in [3.63, 3.8) is 0 Å². The second-order valence-electron chi connectivity index (χ2n) is 5.76. The topological polar surface area (TPSA) is 55.1 Å². The van der Waals surface area contributed by atoms with Gasteiger partial charge in [0, 0.05) is 6.54 Å². The quantitative estimate of drug-likeness (QED) is 0.780. The maximum absolute atomic E-state index is 13.3. The van der Waals surface area contributed by atoms with E-state index in [4.69, 9.17) is 5.73 Å². The lowest BCUT2D eigenvalue weighted by Gasteiger charge is -2.11. The van der Waals surface area contributed by atoms with Crippen LogP contribution in [0.25, 0.3) is 11.1 Å².